The van der Waals surface area contributed by atoms with Crippen molar-refractivity contribution in [2.24, 2.45) is 5.41 Å². The van der Waals surface area contributed by atoms with Crippen molar-refractivity contribution in [3.05, 3.63) is 29.3 Å². The van der Waals surface area contributed by atoms with E-state index in [4.69, 9.17) is 4.74 Å². The molecule has 1 aromatic carbocycles. The smallest absolute Gasteiger partial charge is 0.251 e. The monoisotopic (exact) mass is 399 g/mol. The van der Waals surface area contributed by atoms with Crippen LogP contribution in [0.5, 0.6) is 0 Å². The largest absolute Gasteiger partial charge is 0.381 e. The molecule has 6 nitrogen and oxygen atoms in total. The average molecular weight is 400 g/mol. The molecule has 2 saturated heterocycles. The lowest BCUT2D eigenvalue weighted by Gasteiger charge is -2.40. The Labute approximate surface area is 173 Å². The van der Waals surface area contributed by atoms with Gasteiger partial charge in [0.25, 0.3) is 5.91 Å². The summed E-state index contributed by atoms with van der Waals surface area (Å²) in [6.07, 6.45) is 4.98. The molecule has 2 N–H and O–H groups in total. The highest BCUT2D eigenvalue weighted by atomic mass is 16.5. The predicted molar refractivity (Wildman–Crippen MR) is 113 cm³/mol. The first-order chi connectivity index (χ1) is 13.9. The van der Waals surface area contributed by atoms with Crippen LogP contribution in [0.15, 0.2) is 18.2 Å². The van der Waals surface area contributed by atoms with Gasteiger partial charge in [0, 0.05) is 54.8 Å². The normalized spacial score (nSPS) is 23.3. The van der Waals surface area contributed by atoms with Crippen molar-refractivity contribution in [2.45, 2.75) is 51.4 Å². The Bertz CT molecular complexity index is 778. The molecule has 1 aromatic rings. The second kappa shape index (κ2) is 8.07. The van der Waals surface area contributed by atoms with Gasteiger partial charge >= 0.3 is 0 Å². The molecule has 2 fully saturated rings. The van der Waals surface area contributed by atoms with Crippen LogP contribution in [0.3, 0.4) is 0 Å². The number of ether oxygens (including phenoxy) is 1. The maximum absolute atomic E-state index is 13.0. The Hall–Kier alpha value is -1.92. The Morgan fingerprint density at radius 1 is 1.21 bits per heavy atom. The minimum atomic E-state index is -0.272. The summed E-state index contributed by atoms with van der Waals surface area (Å²) in [6, 6.07) is 5.62. The van der Waals surface area contributed by atoms with Crippen molar-refractivity contribution in [3.63, 3.8) is 0 Å². The summed E-state index contributed by atoms with van der Waals surface area (Å²) < 4.78 is 5.61. The molecular weight excluding hydrogens is 366 g/mol. The fourth-order valence-electron chi connectivity index (χ4n) is 5.03. The first kappa shape index (κ1) is 20.4. The molecule has 0 saturated carbocycles. The Morgan fingerprint density at radius 2 is 1.93 bits per heavy atom. The van der Waals surface area contributed by atoms with E-state index in [-0.39, 0.29) is 22.6 Å². The van der Waals surface area contributed by atoms with Gasteiger partial charge in [0.1, 0.15) is 0 Å². The van der Waals surface area contributed by atoms with Crippen LogP contribution >= 0.6 is 0 Å². The van der Waals surface area contributed by atoms with Gasteiger partial charge in [0.2, 0.25) is 5.91 Å². The molecule has 0 unspecified atom stereocenters. The molecule has 0 spiro atoms. The molecule has 0 atom stereocenters. The summed E-state index contributed by atoms with van der Waals surface area (Å²) in [5.41, 5.74) is 2.34. The SMILES string of the molecule is CC1(C)CC(=O)Nc2ccc(C(=O)NCC3(CN4CCCC4)CCOCC3)cc21. The highest BCUT2D eigenvalue weighted by Gasteiger charge is 2.36. The number of hydrogen-bond donors (Lipinski definition) is 2. The van der Waals surface area contributed by atoms with E-state index < -0.39 is 0 Å². The summed E-state index contributed by atoms with van der Waals surface area (Å²) in [5.74, 6) is -0.00383. The molecule has 29 heavy (non-hydrogen) atoms. The van der Waals surface area contributed by atoms with Gasteiger partial charge in [-0.05, 0) is 62.5 Å². The van der Waals surface area contributed by atoms with E-state index >= 15 is 0 Å². The van der Waals surface area contributed by atoms with Gasteiger partial charge in [0.15, 0.2) is 0 Å². The van der Waals surface area contributed by atoms with E-state index in [2.05, 4.69) is 29.4 Å². The van der Waals surface area contributed by atoms with Crippen LogP contribution in [0, 0.1) is 5.41 Å². The minimum Gasteiger partial charge on any atom is -0.381 e. The highest BCUT2D eigenvalue weighted by Crippen LogP contribution is 2.37. The van der Waals surface area contributed by atoms with Crippen molar-refractivity contribution in [1.29, 1.82) is 0 Å². The first-order valence-corrected chi connectivity index (χ1v) is 10.9. The fourth-order valence-corrected chi connectivity index (χ4v) is 5.03. The van der Waals surface area contributed by atoms with E-state index in [9.17, 15) is 9.59 Å². The van der Waals surface area contributed by atoms with Gasteiger partial charge in [-0.3, -0.25) is 9.59 Å². The van der Waals surface area contributed by atoms with Gasteiger partial charge in [-0.1, -0.05) is 13.8 Å². The number of likely N-dealkylation sites (tertiary alicyclic amines) is 1. The summed E-state index contributed by atoms with van der Waals surface area (Å²) in [4.78, 5) is 27.4. The molecule has 4 rings (SSSR count). The van der Waals surface area contributed by atoms with Crippen LogP contribution in [0.2, 0.25) is 0 Å². The van der Waals surface area contributed by atoms with Crippen LogP contribution in [0.25, 0.3) is 0 Å². The van der Waals surface area contributed by atoms with E-state index in [1.807, 2.05) is 18.2 Å². The molecule has 0 aromatic heterocycles. The summed E-state index contributed by atoms with van der Waals surface area (Å²) >= 11 is 0. The van der Waals surface area contributed by atoms with E-state index in [1.165, 1.54) is 25.9 Å². The summed E-state index contributed by atoms with van der Waals surface area (Å²) in [7, 11) is 0. The molecule has 3 aliphatic rings. The first-order valence-electron chi connectivity index (χ1n) is 10.9. The second-order valence-corrected chi connectivity index (χ2v) is 9.65. The highest BCUT2D eigenvalue weighted by molar-refractivity contribution is 5.98. The lowest BCUT2D eigenvalue weighted by molar-refractivity contribution is -0.117. The third kappa shape index (κ3) is 4.48. The van der Waals surface area contributed by atoms with Gasteiger partial charge in [-0.15, -0.1) is 0 Å². The standard InChI is InChI=1S/C23H33N3O3/c1-22(2)14-20(27)25-19-6-5-17(13-18(19)22)21(28)24-15-23(7-11-29-12-8-23)16-26-9-3-4-10-26/h5-6,13H,3-4,7-12,14-16H2,1-2H3,(H,24,28)(H,25,27). The van der Waals surface area contributed by atoms with Crippen molar-refractivity contribution in [2.75, 3.05) is 44.7 Å². The number of amides is 2. The number of rotatable bonds is 5. The van der Waals surface area contributed by atoms with Gasteiger partial charge < -0.3 is 20.3 Å². The van der Waals surface area contributed by atoms with Crippen LogP contribution in [0.1, 0.15) is 61.9 Å². The average Bonchev–Trinajstić information content (AvgIpc) is 3.19. The topological polar surface area (TPSA) is 70.7 Å². The number of fused-ring (bicyclic) bond motifs is 1. The summed E-state index contributed by atoms with van der Waals surface area (Å²) in [6.45, 7) is 9.72. The summed E-state index contributed by atoms with van der Waals surface area (Å²) in [5, 5.41) is 6.14. The fraction of sp³-hybridized carbons (Fsp3) is 0.652. The minimum absolute atomic E-state index is 0.0306. The van der Waals surface area contributed by atoms with Crippen LogP contribution in [0.4, 0.5) is 5.69 Å². The molecule has 6 heteroatoms. The Balaban J connectivity index is 1.46. The lowest BCUT2D eigenvalue weighted by Crippen LogP contribution is -2.48. The molecule has 3 heterocycles. The van der Waals surface area contributed by atoms with Crippen molar-refractivity contribution in [3.8, 4) is 0 Å². The number of benzene rings is 1. The molecular formula is C23H33N3O3. The van der Waals surface area contributed by atoms with Gasteiger partial charge in [-0.25, -0.2) is 0 Å². The number of nitrogens with zero attached hydrogens (tertiary/aromatic N) is 1. The number of nitrogens with one attached hydrogen (secondary N) is 2. The molecule has 0 bridgehead atoms. The molecule has 3 aliphatic heterocycles. The third-order valence-corrected chi connectivity index (χ3v) is 6.82. The van der Waals surface area contributed by atoms with Crippen molar-refractivity contribution >= 4 is 17.5 Å². The van der Waals surface area contributed by atoms with E-state index in [1.54, 1.807) is 0 Å². The lowest BCUT2D eigenvalue weighted by atomic mass is 9.77. The van der Waals surface area contributed by atoms with Crippen molar-refractivity contribution in [1.82, 2.24) is 10.2 Å². The quantitative estimate of drug-likeness (QED) is 0.799. The maximum Gasteiger partial charge on any atom is 0.251 e. The molecule has 0 radical (unpaired) electrons. The maximum atomic E-state index is 13.0. The molecule has 2 amide bonds. The van der Waals surface area contributed by atoms with Crippen LogP contribution in [-0.4, -0.2) is 56.1 Å². The zero-order valence-corrected chi connectivity index (χ0v) is 17.7. The third-order valence-electron chi connectivity index (χ3n) is 6.82. The van der Waals surface area contributed by atoms with Crippen LogP contribution < -0.4 is 10.6 Å². The Morgan fingerprint density at radius 3 is 2.66 bits per heavy atom. The van der Waals surface area contributed by atoms with E-state index in [0.29, 0.717) is 18.5 Å². The number of carbonyl (C=O) groups excluding carboxylic acids is 2. The van der Waals surface area contributed by atoms with Gasteiger partial charge in [-0.2, -0.15) is 0 Å². The van der Waals surface area contributed by atoms with Crippen molar-refractivity contribution < 1.29 is 14.3 Å². The Kier molecular flexibility index (Phi) is 5.67. The van der Waals surface area contributed by atoms with Gasteiger partial charge in [0.05, 0.1) is 0 Å². The predicted octanol–water partition coefficient (Wildman–Crippen LogP) is 2.93. The van der Waals surface area contributed by atoms with Crippen LogP contribution in [-0.2, 0) is 14.9 Å². The second-order valence-electron chi connectivity index (χ2n) is 9.65. The molecule has 0 aliphatic carbocycles. The number of hydrogen-bond acceptors (Lipinski definition) is 4. The van der Waals surface area contributed by atoms with E-state index in [0.717, 1.165) is 43.9 Å². The number of carbonyl (C=O) groups is 2. The zero-order valence-electron chi connectivity index (χ0n) is 17.7. The zero-order chi connectivity index (χ0) is 20.5. The number of anilines is 1. The molecule has 158 valence electrons.